The second-order valence-corrected chi connectivity index (χ2v) is 8.07. The molecule has 1 saturated heterocycles. The van der Waals surface area contributed by atoms with Crippen LogP contribution in [0.3, 0.4) is 0 Å². The van der Waals surface area contributed by atoms with Crippen LogP contribution in [0.25, 0.3) is 0 Å². The zero-order chi connectivity index (χ0) is 26.1. The molecule has 6 nitrogen and oxygen atoms in total. The molecule has 0 radical (unpaired) electrons. The molecule has 35 heavy (non-hydrogen) atoms. The summed E-state index contributed by atoms with van der Waals surface area (Å²) in [6.07, 6.45) is -8.86. The average Bonchev–Trinajstić information content (AvgIpc) is 3.07. The normalized spacial score (nSPS) is 24.6. The highest BCUT2D eigenvalue weighted by Crippen LogP contribution is 2.55. The third kappa shape index (κ3) is 5.06. The van der Waals surface area contributed by atoms with E-state index < -0.39 is 78.3 Å². The Morgan fingerprint density at radius 2 is 1.97 bits per heavy atom. The fourth-order valence-corrected chi connectivity index (χ4v) is 3.99. The molecule has 192 valence electrons. The number of carbonyl (C=O) groups is 1. The number of halogens is 7. The van der Waals surface area contributed by atoms with E-state index in [2.05, 4.69) is 10.3 Å². The number of aliphatic hydroxyl groups is 1. The van der Waals surface area contributed by atoms with Gasteiger partial charge in [-0.05, 0) is 25.1 Å². The maximum absolute atomic E-state index is 14.6. The maximum atomic E-state index is 14.6. The van der Waals surface area contributed by atoms with Crippen molar-refractivity contribution in [1.29, 1.82) is 0 Å². The van der Waals surface area contributed by atoms with Crippen molar-refractivity contribution >= 4 is 11.6 Å². The largest absolute Gasteiger partial charge is 0.488 e. The van der Waals surface area contributed by atoms with Gasteiger partial charge in [-0.2, -0.15) is 17.6 Å². The molecule has 1 aliphatic heterocycles. The monoisotopic (exact) mass is 510 g/mol. The molecule has 1 amide bonds. The third-order valence-electron chi connectivity index (χ3n) is 5.98. The minimum absolute atomic E-state index is 0.182. The number of rotatable bonds is 7. The molecule has 0 bridgehead atoms. The van der Waals surface area contributed by atoms with Gasteiger partial charge in [-0.3, -0.25) is 9.78 Å². The highest BCUT2D eigenvalue weighted by atomic mass is 19.4. The van der Waals surface area contributed by atoms with Crippen LogP contribution in [-0.2, 0) is 9.53 Å². The summed E-state index contributed by atoms with van der Waals surface area (Å²) >= 11 is 0. The Hall–Kier alpha value is -2.93. The fourth-order valence-electron chi connectivity index (χ4n) is 3.99. The highest BCUT2D eigenvalue weighted by molar-refractivity contribution is 5.95. The Morgan fingerprint density at radius 3 is 2.57 bits per heavy atom. The third-order valence-corrected chi connectivity index (χ3v) is 5.98. The van der Waals surface area contributed by atoms with E-state index in [0.717, 1.165) is 31.3 Å². The highest BCUT2D eigenvalue weighted by Gasteiger charge is 2.65. The molecular weight excluding hydrogens is 489 g/mol. The number of carbonyl (C=O) groups excluding carboxylic acids is 1. The summed E-state index contributed by atoms with van der Waals surface area (Å²) in [7, 11) is 0. The number of nitrogens with zero attached hydrogens (tertiary/aromatic N) is 1. The quantitative estimate of drug-likeness (QED) is 0.526. The van der Waals surface area contributed by atoms with Crippen LogP contribution in [0.2, 0.25) is 0 Å². The zero-order valence-corrected chi connectivity index (χ0v) is 18.4. The molecule has 3 rings (SSSR count). The van der Waals surface area contributed by atoms with Crippen LogP contribution in [0.15, 0.2) is 30.5 Å². The van der Waals surface area contributed by atoms with E-state index >= 15 is 0 Å². The van der Waals surface area contributed by atoms with Crippen LogP contribution in [0.4, 0.5) is 36.4 Å². The summed E-state index contributed by atoms with van der Waals surface area (Å²) < 4.78 is 107. The molecule has 0 saturated carbocycles. The first-order valence-corrected chi connectivity index (χ1v) is 10.3. The van der Waals surface area contributed by atoms with Crippen LogP contribution in [-0.4, -0.2) is 47.1 Å². The minimum atomic E-state index is -4.97. The van der Waals surface area contributed by atoms with Crippen molar-refractivity contribution in [3.63, 3.8) is 0 Å². The summed E-state index contributed by atoms with van der Waals surface area (Å²) in [6, 6.07) is 3.62. The molecule has 2 heterocycles. The number of alkyl halides is 5. The van der Waals surface area contributed by atoms with E-state index in [0.29, 0.717) is 13.0 Å². The number of aliphatic hydroxyl groups excluding tert-OH is 1. The number of nitrogens with one attached hydrogen (secondary N) is 1. The molecule has 4 atom stereocenters. The van der Waals surface area contributed by atoms with Crippen LogP contribution in [0.1, 0.15) is 37.4 Å². The van der Waals surface area contributed by atoms with Crippen LogP contribution in [0.5, 0.6) is 5.75 Å². The molecule has 1 fully saturated rings. The molecular formula is C22H21F7N2O4. The van der Waals surface area contributed by atoms with Crippen LogP contribution >= 0.6 is 0 Å². The second kappa shape index (κ2) is 9.97. The molecule has 1 aromatic carbocycles. The number of aromatic nitrogens is 1. The average molecular weight is 510 g/mol. The van der Waals surface area contributed by atoms with Crippen molar-refractivity contribution in [3.05, 3.63) is 53.4 Å². The number of amides is 1. The van der Waals surface area contributed by atoms with Gasteiger partial charge in [0.05, 0.1) is 6.61 Å². The number of ether oxygens (including phenoxy) is 2. The van der Waals surface area contributed by atoms with Gasteiger partial charge in [0.2, 0.25) is 5.82 Å². The summed E-state index contributed by atoms with van der Waals surface area (Å²) in [4.78, 5) is 16.5. The first kappa shape index (κ1) is 26.7. The lowest BCUT2D eigenvalue weighted by Gasteiger charge is -2.32. The summed E-state index contributed by atoms with van der Waals surface area (Å²) in [6.45, 7) is 0.734. The minimum Gasteiger partial charge on any atom is -0.488 e. The number of hydrogen-bond donors (Lipinski definition) is 2. The van der Waals surface area contributed by atoms with E-state index in [1.54, 1.807) is 0 Å². The topological polar surface area (TPSA) is 80.7 Å². The standard InChI is InChI=1S/C22H21F7N2O4/c1-10-15(12-3-4-13(23)16(24)17(12)34-8-7-32)18(35-21(10,2)22(27,28)29)20(33)31-11-5-6-30-14(9-11)19(25)26/h3-6,9-10,15,18-19,32H,7-8H2,1-2H3,(H,30,31,33)/t10-,15-,18+,21+/m0/s1. The Balaban J connectivity index is 2.08. The summed E-state index contributed by atoms with van der Waals surface area (Å²) in [5, 5.41) is 11.2. The van der Waals surface area contributed by atoms with Crippen molar-refractivity contribution in [2.75, 3.05) is 18.5 Å². The van der Waals surface area contributed by atoms with Crippen molar-refractivity contribution in [1.82, 2.24) is 4.98 Å². The van der Waals surface area contributed by atoms with E-state index in [-0.39, 0.29) is 11.3 Å². The maximum Gasteiger partial charge on any atom is 0.417 e. The van der Waals surface area contributed by atoms with Gasteiger partial charge < -0.3 is 19.9 Å². The van der Waals surface area contributed by atoms with Crippen LogP contribution in [0, 0.1) is 17.6 Å². The van der Waals surface area contributed by atoms with E-state index in [4.69, 9.17) is 14.6 Å². The first-order valence-electron chi connectivity index (χ1n) is 10.3. The lowest BCUT2D eigenvalue weighted by Crippen LogP contribution is -2.47. The van der Waals surface area contributed by atoms with Gasteiger partial charge in [-0.15, -0.1) is 0 Å². The Kier molecular flexibility index (Phi) is 7.60. The van der Waals surface area contributed by atoms with Gasteiger partial charge in [-0.1, -0.05) is 13.0 Å². The van der Waals surface area contributed by atoms with Crippen molar-refractivity contribution in [3.8, 4) is 5.75 Å². The van der Waals surface area contributed by atoms with Gasteiger partial charge in [-0.25, -0.2) is 13.2 Å². The smallest absolute Gasteiger partial charge is 0.417 e. The molecule has 13 heteroatoms. The Labute approximate surface area is 195 Å². The molecule has 0 aliphatic carbocycles. The van der Waals surface area contributed by atoms with Crippen molar-refractivity contribution in [2.24, 2.45) is 5.92 Å². The number of anilines is 1. The molecule has 1 aliphatic rings. The van der Waals surface area contributed by atoms with Crippen LogP contribution < -0.4 is 10.1 Å². The lowest BCUT2D eigenvalue weighted by molar-refractivity contribution is -0.272. The number of benzene rings is 1. The zero-order valence-electron chi connectivity index (χ0n) is 18.4. The molecule has 1 aromatic heterocycles. The SMILES string of the molecule is C[C@H]1[C@@H](c2ccc(F)c(F)c2OCCO)[C@H](C(=O)Nc2ccnc(C(F)F)c2)O[C@@]1(C)C(F)(F)F. The molecule has 0 spiro atoms. The predicted molar refractivity (Wildman–Crippen MR) is 108 cm³/mol. The van der Waals surface area contributed by atoms with E-state index in [1.807, 2.05) is 0 Å². The molecule has 0 unspecified atom stereocenters. The second-order valence-electron chi connectivity index (χ2n) is 8.07. The first-order chi connectivity index (χ1) is 16.3. The van der Waals surface area contributed by atoms with E-state index in [9.17, 15) is 35.5 Å². The number of pyridine rings is 1. The molecule has 2 N–H and O–H groups in total. The van der Waals surface area contributed by atoms with Gasteiger partial charge in [0.15, 0.2) is 17.2 Å². The van der Waals surface area contributed by atoms with Gasteiger partial charge in [0.1, 0.15) is 18.4 Å². The lowest BCUT2D eigenvalue weighted by atomic mass is 9.77. The molecule has 2 aromatic rings. The predicted octanol–water partition coefficient (Wildman–Crippen LogP) is 4.75. The van der Waals surface area contributed by atoms with Gasteiger partial charge in [0, 0.05) is 29.3 Å². The van der Waals surface area contributed by atoms with Crippen molar-refractivity contribution < 1.29 is 50.1 Å². The Bertz CT molecular complexity index is 1080. The van der Waals surface area contributed by atoms with Crippen molar-refractivity contribution in [2.45, 2.75) is 44.1 Å². The number of hydrogen-bond acceptors (Lipinski definition) is 5. The van der Waals surface area contributed by atoms with Gasteiger partial charge >= 0.3 is 6.18 Å². The summed E-state index contributed by atoms with van der Waals surface area (Å²) in [5.74, 6) is -7.79. The van der Waals surface area contributed by atoms with Gasteiger partial charge in [0.25, 0.3) is 12.3 Å². The fraction of sp³-hybridized carbons (Fsp3) is 0.455. The summed E-state index contributed by atoms with van der Waals surface area (Å²) in [5.41, 5.74) is -4.04. The van der Waals surface area contributed by atoms with E-state index in [1.165, 1.54) is 0 Å². The Morgan fingerprint density at radius 1 is 1.29 bits per heavy atom.